The third kappa shape index (κ3) is 3.71. The molecule has 1 aliphatic heterocycles. The van der Waals surface area contributed by atoms with Gasteiger partial charge >= 0.3 is 0 Å². The van der Waals surface area contributed by atoms with Crippen LogP contribution in [0.25, 0.3) is 0 Å². The van der Waals surface area contributed by atoms with Gasteiger partial charge in [-0.2, -0.15) is 0 Å². The van der Waals surface area contributed by atoms with Gasteiger partial charge in [0.25, 0.3) is 5.91 Å². The van der Waals surface area contributed by atoms with E-state index in [9.17, 15) is 4.79 Å². The number of rotatable bonds is 5. The van der Waals surface area contributed by atoms with Crippen molar-refractivity contribution in [2.75, 3.05) is 34.4 Å². The van der Waals surface area contributed by atoms with Gasteiger partial charge in [-0.3, -0.25) is 4.79 Å². The number of halogens is 1. The summed E-state index contributed by atoms with van der Waals surface area (Å²) in [6.07, 6.45) is 0.864. The molecule has 2 aromatic rings. The summed E-state index contributed by atoms with van der Waals surface area (Å²) < 4.78 is 11.5. The first-order valence-electron chi connectivity index (χ1n) is 8.41. The van der Waals surface area contributed by atoms with Crippen LogP contribution in [-0.2, 0) is 11.2 Å². The zero-order valence-electron chi connectivity index (χ0n) is 15.4. The van der Waals surface area contributed by atoms with Crippen LogP contribution in [0.2, 0.25) is 0 Å². The molecular formula is C20H25BrN2O3. The number of quaternary nitrogens is 1. The number of amides is 1. The van der Waals surface area contributed by atoms with Crippen LogP contribution in [0.4, 0.5) is 0 Å². The first-order chi connectivity index (χ1) is 12.0. The van der Waals surface area contributed by atoms with Gasteiger partial charge in [0.05, 0.1) is 27.8 Å². The number of ether oxygens (including phenoxy) is 2. The highest BCUT2D eigenvalue weighted by molar-refractivity contribution is 5.75. The van der Waals surface area contributed by atoms with Crippen LogP contribution < -0.4 is 32.2 Å². The van der Waals surface area contributed by atoms with Gasteiger partial charge in [-0.05, 0) is 17.7 Å². The molecule has 26 heavy (non-hydrogen) atoms. The van der Waals surface area contributed by atoms with E-state index in [0.717, 1.165) is 18.7 Å². The van der Waals surface area contributed by atoms with Gasteiger partial charge in [0.2, 0.25) is 0 Å². The number of hydrogen-bond donors (Lipinski definition) is 1. The summed E-state index contributed by atoms with van der Waals surface area (Å²) in [6.45, 7) is 1.14. The Morgan fingerprint density at radius 3 is 2.35 bits per heavy atom. The minimum atomic E-state index is -0.285. The Morgan fingerprint density at radius 2 is 1.77 bits per heavy atom. The minimum Gasteiger partial charge on any atom is -1.00 e. The lowest BCUT2D eigenvalue weighted by Gasteiger charge is -2.45. The summed E-state index contributed by atoms with van der Waals surface area (Å²) in [5.41, 5.74) is 9.13. The number of likely N-dealkylation sites (N-methyl/N-ethyl adjacent to an activating group) is 1. The molecule has 2 aromatic carbocycles. The van der Waals surface area contributed by atoms with Crippen molar-refractivity contribution in [2.24, 2.45) is 5.73 Å². The van der Waals surface area contributed by atoms with Gasteiger partial charge in [-0.15, -0.1) is 0 Å². The van der Waals surface area contributed by atoms with Crippen LogP contribution in [0, 0.1) is 0 Å². The van der Waals surface area contributed by atoms with Crippen molar-refractivity contribution in [1.29, 1.82) is 0 Å². The van der Waals surface area contributed by atoms with Crippen LogP contribution in [0.15, 0.2) is 42.5 Å². The van der Waals surface area contributed by atoms with Gasteiger partial charge in [0.15, 0.2) is 18.0 Å². The Morgan fingerprint density at radius 1 is 1.15 bits per heavy atom. The molecule has 0 saturated heterocycles. The molecule has 1 amide bonds. The van der Waals surface area contributed by atoms with E-state index in [-0.39, 0.29) is 28.9 Å². The summed E-state index contributed by atoms with van der Waals surface area (Å²) in [4.78, 5) is 11.7. The molecule has 1 heterocycles. The predicted molar refractivity (Wildman–Crippen MR) is 96.6 cm³/mol. The number of fused-ring (bicyclic) bond motifs is 1. The smallest absolute Gasteiger partial charge is 0.272 e. The lowest BCUT2D eigenvalue weighted by molar-refractivity contribution is -0.928. The minimum absolute atomic E-state index is 0. The topological polar surface area (TPSA) is 61.6 Å². The fraction of sp³-hybridized carbons (Fsp3) is 0.350. The Labute approximate surface area is 165 Å². The van der Waals surface area contributed by atoms with E-state index >= 15 is 0 Å². The highest BCUT2D eigenvalue weighted by Crippen LogP contribution is 2.43. The van der Waals surface area contributed by atoms with Crippen molar-refractivity contribution in [3.63, 3.8) is 0 Å². The second-order valence-electron chi connectivity index (χ2n) is 6.80. The molecule has 5 nitrogen and oxygen atoms in total. The average molecular weight is 421 g/mol. The number of methoxy groups -OCH3 is 2. The van der Waals surface area contributed by atoms with Crippen LogP contribution in [-0.4, -0.2) is 44.7 Å². The Hall–Kier alpha value is -2.05. The van der Waals surface area contributed by atoms with Crippen molar-refractivity contribution in [3.05, 3.63) is 59.2 Å². The summed E-state index contributed by atoms with van der Waals surface area (Å²) in [5.74, 6) is 1.15. The molecule has 140 valence electrons. The molecule has 0 fully saturated rings. The lowest BCUT2D eigenvalue weighted by atomic mass is 9.85. The number of carbonyl (C=O) groups excluding carboxylic acids is 1. The van der Waals surface area contributed by atoms with E-state index in [1.54, 1.807) is 14.2 Å². The van der Waals surface area contributed by atoms with Gasteiger partial charge in [-0.25, -0.2) is 0 Å². The fourth-order valence-corrected chi connectivity index (χ4v) is 3.95. The van der Waals surface area contributed by atoms with Gasteiger partial charge in [0, 0.05) is 17.5 Å². The van der Waals surface area contributed by atoms with Crippen molar-refractivity contribution in [2.45, 2.75) is 12.5 Å². The molecule has 0 aromatic heterocycles. The standard InChI is InChI=1S/C20H24N2O3.BrH/c1-22(13-19(21)23)10-9-15-11-17(24-2)18(25-3)12-16(15)20(22)14-7-5-4-6-8-14;/h4-8,11-12,20H,9-10,13H2,1-3H3,(H-,21,23);1H/t20-,22+;/m1./s1. The largest absolute Gasteiger partial charge is 1.00 e. The molecule has 0 saturated carbocycles. The summed E-state index contributed by atoms with van der Waals surface area (Å²) in [6, 6.07) is 14.4. The zero-order valence-corrected chi connectivity index (χ0v) is 17.0. The number of benzene rings is 2. The van der Waals surface area contributed by atoms with E-state index in [0.29, 0.717) is 16.8 Å². The quantitative estimate of drug-likeness (QED) is 0.649. The Balaban J connectivity index is 0.00000243. The molecule has 0 unspecified atom stereocenters. The Kier molecular flexibility index (Phi) is 6.31. The van der Waals surface area contributed by atoms with E-state index in [1.165, 1.54) is 16.7 Å². The third-order valence-corrected chi connectivity index (χ3v) is 5.09. The summed E-state index contributed by atoms with van der Waals surface area (Å²) >= 11 is 0. The van der Waals surface area contributed by atoms with E-state index in [4.69, 9.17) is 15.2 Å². The number of primary amides is 1. The highest BCUT2D eigenvalue weighted by atomic mass is 79.9. The van der Waals surface area contributed by atoms with E-state index in [2.05, 4.69) is 25.2 Å². The first kappa shape index (κ1) is 20.3. The molecule has 2 atom stereocenters. The van der Waals surface area contributed by atoms with Crippen molar-refractivity contribution in [1.82, 2.24) is 0 Å². The number of nitrogens with zero attached hydrogens (tertiary/aromatic N) is 1. The normalized spacial score (nSPS) is 21.3. The van der Waals surface area contributed by atoms with Crippen LogP contribution >= 0.6 is 0 Å². The maximum Gasteiger partial charge on any atom is 0.272 e. The van der Waals surface area contributed by atoms with Gasteiger partial charge in [0.1, 0.15) is 6.04 Å². The number of hydrogen-bond acceptors (Lipinski definition) is 3. The molecule has 0 radical (unpaired) electrons. The summed E-state index contributed by atoms with van der Waals surface area (Å²) in [7, 11) is 5.39. The maximum atomic E-state index is 11.7. The third-order valence-electron chi connectivity index (χ3n) is 5.09. The number of carbonyl (C=O) groups is 1. The molecule has 0 aliphatic carbocycles. The second kappa shape index (κ2) is 8.10. The van der Waals surface area contributed by atoms with Crippen LogP contribution in [0.1, 0.15) is 22.7 Å². The van der Waals surface area contributed by atoms with Gasteiger partial charge < -0.3 is 36.7 Å². The zero-order chi connectivity index (χ0) is 18.0. The molecule has 3 rings (SSSR count). The van der Waals surface area contributed by atoms with Crippen LogP contribution in [0.5, 0.6) is 11.5 Å². The average Bonchev–Trinajstić information content (AvgIpc) is 2.60. The number of nitrogens with two attached hydrogens (primary N) is 1. The highest BCUT2D eigenvalue weighted by Gasteiger charge is 2.41. The first-order valence-corrected chi connectivity index (χ1v) is 8.41. The predicted octanol–water partition coefficient (Wildman–Crippen LogP) is -0.715. The van der Waals surface area contributed by atoms with Crippen molar-refractivity contribution < 1.29 is 35.7 Å². The van der Waals surface area contributed by atoms with Crippen molar-refractivity contribution in [3.8, 4) is 11.5 Å². The Bertz CT molecular complexity index is 782. The molecule has 2 N–H and O–H groups in total. The molecule has 0 bridgehead atoms. The fourth-order valence-electron chi connectivity index (χ4n) is 3.95. The molecule has 1 aliphatic rings. The summed E-state index contributed by atoms with van der Waals surface area (Å²) in [5, 5.41) is 0. The van der Waals surface area contributed by atoms with Crippen LogP contribution in [0.3, 0.4) is 0 Å². The van der Waals surface area contributed by atoms with Gasteiger partial charge in [-0.1, -0.05) is 30.3 Å². The molecule has 6 heteroatoms. The second-order valence-corrected chi connectivity index (χ2v) is 6.80. The van der Waals surface area contributed by atoms with E-state index in [1.807, 2.05) is 24.3 Å². The lowest BCUT2D eigenvalue weighted by Crippen LogP contribution is -3.00. The molecule has 0 spiro atoms. The maximum absolute atomic E-state index is 11.7. The van der Waals surface area contributed by atoms with Crippen molar-refractivity contribution >= 4 is 5.91 Å². The molecular weight excluding hydrogens is 396 g/mol. The SMILES string of the molecule is COc1cc2c(cc1OC)[C@@H](c1ccccc1)[N@+](C)(CC(N)=O)CC2.[Br-]. The van der Waals surface area contributed by atoms with E-state index < -0.39 is 0 Å². The monoisotopic (exact) mass is 420 g/mol.